The number of hydrogen-bond donors (Lipinski definition) is 2. The summed E-state index contributed by atoms with van der Waals surface area (Å²) in [6.07, 6.45) is 12.8. The van der Waals surface area contributed by atoms with Crippen LogP contribution in [0.25, 0.3) is 0 Å². The molecule has 49 heavy (non-hydrogen) atoms. The molecule has 2 saturated carbocycles. The van der Waals surface area contributed by atoms with Gasteiger partial charge in [0.1, 0.15) is 17.0 Å². The number of nitrogens with one attached hydrogen (secondary N) is 1. The van der Waals surface area contributed by atoms with Crippen molar-refractivity contribution >= 4 is 17.4 Å². The number of anilines is 1. The first-order valence-corrected chi connectivity index (χ1v) is 18.7. The highest BCUT2D eigenvalue weighted by Crippen LogP contribution is 2.47. The number of aryl methyl sites for hydroxylation is 1. The molecule has 260 valence electrons. The van der Waals surface area contributed by atoms with Crippen molar-refractivity contribution in [2.75, 3.05) is 18.0 Å². The Labute approximate surface area is 289 Å². The Hall–Kier alpha value is -3.75. The molecule has 1 saturated heterocycles. The summed E-state index contributed by atoms with van der Waals surface area (Å²) in [5.41, 5.74) is 3.87. The third-order valence-corrected chi connectivity index (χ3v) is 11.6. The van der Waals surface area contributed by atoms with E-state index >= 15 is 0 Å². The molecule has 1 aromatic heterocycles. The summed E-state index contributed by atoms with van der Waals surface area (Å²) >= 11 is 0. The molecule has 2 aromatic carbocycles. The SMILES string of the molecule is CCc1ccc2c(c1)[C@@H](NC[C@@H](O)[C@@H](CC(=O)c1cc(N3CCCC3=O)c(=O)n(C3CCCC3)c1)Cc1ccccc1)CC1(CCCC1)O2. The second-order valence-corrected chi connectivity index (χ2v) is 14.9. The molecule has 0 bridgehead atoms. The Morgan fingerprint density at radius 2 is 1.78 bits per heavy atom. The van der Waals surface area contributed by atoms with Crippen molar-refractivity contribution in [1.29, 1.82) is 0 Å². The highest BCUT2D eigenvalue weighted by Gasteiger charge is 2.43. The van der Waals surface area contributed by atoms with Crippen LogP contribution in [0.5, 0.6) is 5.75 Å². The quantitative estimate of drug-likeness (QED) is 0.205. The number of fused-ring (bicyclic) bond motifs is 1. The number of benzene rings is 2. The lowest BCUT2D eigenvalue weighted by molar-refractivity contribution is -0.117. The van der Waals surface area contributed by atoms with Crippen molar-refractivity contribution in [2.24, 2.45) is 5.92 Å². The molecule has 3 heterocycles. The van der Waals surface area contributed by atoms with Gasteiger partial charge in [0.25, 0.3) is 5.56 Å². The molecule has 3 aromatic rings. The molecule has 1 amide bonds. The predicted molar refractivity (Wildman–Crippen MR) is 191 cm³/mol. The second-order valence-electron chi connectivity index (χ2n) is 14.9. The number of ether oxygens (including phenoxy) is 1. The monoisotopic (exact) mass is 665 g/mol. The van der Waals surface area contributed by atoms with Gasteiger partial charge in [-0.25, -0.2) is 0 Å². The number of carbonyl (C=O) groups excluding carboxylic acids is 2. The molecule has 3 fully saturated rings. The number of amides is 1. The van der Waals surface area contributed by atoms with Crippen LogP contribution in [-0.2, 0) is 17.6 Å². The highest BCUT2D eigenvalue weighted by molar-refractivity contribution is 5.99. The fraction of sp³-hybridized carbons (Fsp3) is 0.537. The first-order valence-electron chi connectivity index (χ1n) is 18.7. The summed E-state index contributed by atoms with van der Waals surface area (Å²) in [6, 6.07) is 18.3. The molecule has 4 aliphatic rings. The van der Waals surface area contributed by atoms with Crippen LogP contribution in [-0.4, -0.2) is 46.2 Å². The van der Waals surface area contributed by atoms with E-state index in [1.54, 1.807) is 21.7 Å². The van der Waals surface area contributed by atoms with Gasteiger partial charge in [-0.2, -0.15) is 0 Å². The molecular formula is C41H51N3O5. The molecule has 2 aliphatic carbocycles. The normalized spacial score (nSPS) is 21.6. The van der Waals surface area contributed by atoms with Gasteiger partial charge < -0.3 is 24.6 Å². The number of Topliss-reactive ketones (excluding diaryl/α,β-unsaturated/α-hetero) is 1. The smallest absolute Gasteiger partial charge is 0.274 e. The van der Waals surface area contributed by atoms with Gasteiger partial charge in [0.15, 0.2) is 5.78 Å². The van der Waals surface area contributed by atoms with E-state index in [0.29, 0.717) is 43.6 Å². The molecule has 0 radical (unpaired) electrons. The number of ketones is 1. The molecule has 3 atom stereocenters. The summed E-state index contributed by atoms with van der Waals surface area (Å²) in [4.78, 5) is 42.2. The second kappa shape index (κ2) is 14.6. The van der Waals surface area contributed by atoms with Crippen LogP contribution in [0.2, 0.25) is 0 Å². The Morgan fingerprint density at radius 3 is 2.49 bits per heavy atom. The maximum atomic E-state index is 14.2. The van der Waals surface area contributed by atoms with Gasteiger partial charge >= 0.3 is 0 Å². The van der Waals surface area contributed by atoms with E-state index < -0.39 is 6.10 Å². The van der Waals surface area contributed by atoms with Gasteiger partial charge in [-0.05, 0) is 87.0 Å². The third-order valence-electron chi connectivity index (χ3n) is 11.6. The fourth-order valence-electron chi connectivity index (χ4n) is 8.78. The van der Waals surface area contributed by atoms with Gasteiger partial charge in [0.2, 0.25) is 5.91 Å². The Bertz CT molecular complexity index is 1710. The van der Waals surface area contributed by atoms with Crippen LogP contribution in [0.15, 0.2) is 65.6 Å². The summed E-state index contributed by atoms with van der Waals surface area (Å²) in [6.45, 7) is 3.00. The van der Waals surface area contributed by atoms with Crippen LogP contribution in [0, 0.1) is 5.92 Å². The highest BCUT2D eigenvalue weighted by atomic mass is 16.5. The summed E-state index contributed by atoms with van der Waals surface area (Å²) in [5.74, 6) is 0.405. The number of pyridine rings is 1. The van der Waals surface area contributed by atoms with Crippen LogP contribution in [0.4, 0.5) is 5.69 Å². The van der Waals surface area contributed by atoms with E-state index in [0.717, 1.165) is 68.2 Å². The number of carbonyl (C=O) groups is 2. The van der Waals surface area contributed by atoms with Gasteiger partial charge in [-0.1, -0.05) is 62.2 Å². The summed E-state index contributed by atoms with van der Waals surface area (Å²) < 4.78 is 8.38. The minimum Gasteiger partial charge on any atom is -0.487 e. The molecular weight excluding hydrogens is 614 g/mol. The third kappa shape index (κ3) is 7.27. The minimum absolute atomic E-state index is 0.0327. The molecule has 2 aliphatic heterocycles. The molecule has 1 spiro atoms. The Kier molecular flexibility index (Phi) is 10.1. The Balaban J connectivity index is 1.14. The average molecular weight is 666 g/mol. The molecule has 8 heteroatoms. The number of rotatable bonds is 12. The minimum atomic E-state index is -0.787. The molecule has 2 N–H and O–H groups in total. The zero-order chi connectivity index (χ0) is 34.0. The lowest BCUT2D eigenvalue weighted by Gasteiger charge is -2.41. The lowest BCUT2D eigenvalue weighted by Crippen LogP contribution is -2.44. The average Bonchev–Trinajstić information content (AvgIpc) is 3.91. The molecule has 0 unspecified atom stereocenters. The van der Waals surface area contributed by atoms with E-state index in [-0.39, 0.29) is 47.3 Å². The van der Waals surface area contributed by atoms with Crippen molar-refractivity contribution in [2.45, 2.75) is 121 Å². The largest absolute Gasteiger partial charge is 0.487 e. The van der Waals surface area contributed by atoms with Crippen molar-refractivity contribution in [1.82, 2.24) is 9.88 Å². The fourth-order valence-corrected chi connectivity index (χ4v) is 8.78. The van der Waals surface area contributed by atoms with Crippen molar-refractivity contribution in [3.8, 4) is 5.75 Å². The topological polar surface area (TPSA) is 101 Å². The van der Waals surface area contributed by atoms with Crippen molar-refractivity contribution < 1.29 is 19.4 Å². The van der Waals surface area contributed by atoms with Crippen molar-refractivity contribution in [3.05, 3.63) is 93.4 Å². The number of hydrogen-bond acceptors (Lipinski definition) is 6. The lowest BCUT2D eigenvalue weighted by atomic mass is 9.84. The van der Waals surface area contributed by atoms with E-state index in [2.05, 4.69) is 30.4 Å². The van der Waals surface area contributed by atoms with E-state index in [9.17, 15) is 19.5 Å². The van der Waals surface area contributed by atoms with Crippen LogP contribution >= 0.6 is 0 Å². The van der Waals surface area contributed by atoms with Crippen LogP contribution in [0.3, 0.4) is 0 Å². The van der Waals surface area contributed by atoms with Gasteiger partial charge in [-0.3, -0.25) is 14.4 Å². The standard InChI is InChI=1S/C41H51N3O5/c1-2-28-16-17-38-33(22-28)34(25-41(49-38)18-8-9-19-41)42-26-37(46)30(21-29-11-4-3-5-12-29)24-36(45)31-23-35(43-20-10-15-39(43)47)40(48)44(27-31)32-13-6-7-14-32/h3-5,11-12,16-17,22-23,27,30,32,34,37,42,46H,2,6-10,13-15,18-21,24-26H2,1H3/t30-,34+,37-/m1/s1. The zero-order valence-corrected chi connectivity index (χ0v) is 28.9. The number of aliphatic hydroxyl groups excluding tert-OH is 1. The molecule has 7 rings (SSSR count). The van der Waals surface area contributed by atoms with Gasteiger partial charge in [-0.15, -0.1) is 0 Å². The number of aliphatic hydroxyl groups is 1. The van der Waals surface area contributed by atoms with Gasteiger partial charge in [0, 0.05) is 61.8 Å². The van der Waals surface area contributed by atoms with Crippen molar-refractivity contribution in [3.63, 3.8) is 0 Å². The maximum Gasteiger partial charge on any atom is 0.274 e. The van der Waals surface area contributed by atoms with E-state index in [1.807, 2.05) is 30.3 Å². The summed E-state index contributed by atoms with van der Waals surface area (Å²) in [7, 11) is 0. The number of aromatic nitrogens is 1. The molecule has 8 nitrogen and oxygen atoms in total. The maximum absolute atomic E-state index is 14.2. The first-order chi connectivity index (χ1) is 23.8. The van der Waals surface area contributed by atoms with Gasteiger partial charge in [0.05, 0.1) is 6.10 Å². The zero-order valence-electron chi connectivity index (χ0n) is 28.9. The first kappa shape index (κ1) is 33.7. The van der Waals surface area contributed by atoms with Crippen LogP contribution < -0.4 is 20.5 Å². The summed E-state index contributed by atoms with van der Waals surface area (Å²) in [5, 5.41) is 15.6. The Morgan fingerprint density at radius 1 is 1.00 bits per heavy atom. The predicted octanol–water partition coefficient (Wildman–Crippen LogP) is 6.87. The van der Waals surface area contributed by atoms with Crippen LogP contribution in [0.1, 0.15) is 123 Å². The van der Waals surface area contributed by atoms with E-state index in [4.69, 9.17) is 4.74 Å². The van der Waals surface area contributed by atoms with E-state index in [1.165, 1.54) is 18.4 Å². The number of nitrogens with zero attached hydrogens (tertiary/aromatic N) is 2.